The van der Waals surface area contributed by atoms with Gasteiger partial charge in [0.1, 0.15) is 5.75 Å². The summed E-state index contributed by atoms with van der Waals surface area (Å²) in [5.41, 5.74) is 0.837. The van der Waals surface area contributed by atoms with Crippen molar-refractivity contribution in [2.45, 2.75) is 63.9 Å². The summed E-state index contributed by atoms with van der Waals surface area (Å²) in [6.45, 7) is 0. The topological polar surface area (TPSA) is 26.3 Å². The van der Waals surface area contributed by atoms with Crippen molar-refractivity contribution in [3.05, 3.63) is 29.8 Å². The Morgan fingerprint density at radius 3 is 2.35 bits per heavy atom. The molecular formula is C18H24O2. The fourth-order valence-corrected chi connectivity index (χ4v) is 3.05. The van der Waals surface area contributed by atoms with Gasteiger partial charge in [0.25, 0.3) is 0 Å². The number of rotatable bonds is 6. The molecule has 0 heterocycles. The molecule has 2 fully saturated rings. The molecular weight excluding hydrogens is 248 g/mol. The zero-order valence-corrected chi connectivity index (χ0v) is 12.1. The molecule has 2 heteroatoms. The number of carbonyl (C=O) groups excluding carboxylic acids is 1. The highest BCUT2D eigenvalue weighted by Gasteiger charge is 2.23. The molecule has 20 heavy (non-hydrogen) atoms. The summed E-state index contributed by atoms with van der Waals surface area (Å²) in [6.07, 6.45) is 11.3. The van der Waals surface area contributed by atoms with Gasteiger partial charge < -0.3 is 4.74 Å². The molecule has 0 saturated heterocycles. The highest BCUT2D eigenvalue weighted by atomic mass is 16.5. The van der Waals surface area contributed by atoms with E-state index in [1.54, 1.807) is 0 Å². The maximum absolute atomic E-state index is 12.2. The average Bonchev–Trinajstić information content (AvgIpc) is 3.31. The normalized spacial score (nSPS) is 19.8. The van der Waals surface area contributed by atoms with E-state index in [1.165, 1.54) is 44.9 Å². The van der Waals surface area contributed by atoms with E-state index < -0.39 is 0 Å². The van der Waals surface area contributed by atoms with Crippen molar-refractivity contribution in [1.82, 2.24) is 0 Å². The second-order valence-electron chi connectivity index (χ2n) is 6.31. The Bertz CT molecular complexity index is 439. The van der Waals surface area contributed by atoms with Crippen LogP contribution in [0.5, 0.6) is 5.75 Å². The number of Topliss-reactive ketones (excluding diaryl/α,β-unsaturated/α-hetero) is 1. The van der Waals surface area contributed by atoms with Gasteiger partial charge in [-0.2, -0.15) is 0 Å². The fourth-order valence-electron chi connectivity index (χ4n) is 3.05. The van der Waals surface area contributed by atoms with Gasteiger partial charge in [-0.25, -0.2) is 0 Å². The molecule has 1 aromatic carbocycles. The van der Waals surface area contributed by atoms with Crippen molar-refractivity contribution in [3.63, 3.8) is 0 Å². The van der Waals surface area contributed by atoms with Crippen LogP contribution in [0.3, 0.4) is 0 Å². The largest absolute Gasteiger partial charge is 0.490 e. The molecule has 0 aromatic heterocycles. The van der Waals surface area contributed by atoms with Crippen LogP contribution >= 0.6 is 0 Å². The molecule has 0 aliphatic heterocycles. The van der Waals surface area contributed by atoms with E-state index in [1.807, 2.05) is 24.3 Å². The number of carbonyl (C=O) groups is 1. The van der Waals surface area contributed by atoms with Crippen molar-refractivity contribution in [2.24, 2.45) is 5.92 Å². The van der Waals surface area contributed by atoms with Crippen LogP contribution in [0.4, 0.5) is 0 Å². The molecule has 2 aliphatic rings. The van der Waals surface area contributed by atoms with E-state index in [0.717, 1.165) is 23.7 Å². The number of ether oxygens (including phenoxy) is 1. The zero-order valence-electron chi connectivity index (χ0n) is 12.1. The van der Waals surface area contributed by atoms with Gasteiger partial charge in [0.15, 0.2) is 5.78 Å². The van der Waals surface area contributed by atoms with E-state index in [-0.39, 0.29) is 5.78 Å². The Kier molecular flexibility index (Phi) is 4.39. The van der Waals surface area contributed by atoms with E-state index >= 15 is 0 Å². The predicted octanol–water partition coefficient (Wildman–Crippen LogP) is 4.77. The first kappa shape index (κ1) is 13.7. The third kappa shape index (κ3) is 3.84. The third-order valence-electron chi connectivity index (χ3n) is 4.51. The lowest BCUT2D eigenvalue weighted by molar-refractivity contribution is 0.0970. The van der Waals surface area contributed by atoms with Crippen molar-refractivity contribution < 1.29 is 9.53 Å². The molecule has 2 nitrogen and oxygen atoms in total. The predicted molar refractivity (Wildman–Crippen MR) is 80.2 cm³/mol. The lowest BCUT2D eigenvalue weighted by Gasteiger charge is -2.20. The third-order valence-corrected chi connectivity index (χ3v) is 4.51. The van der Waals surface area contributed by atoms with Gasteiger partial charge in [-0.15, -0.1) is 0 Å². The van der Waals surface area contributed by atoms with Crippen molar-refractivity contribution >= 4 is 5.78 Å². The van der Waals surface area contributed by atoms with Crippen LogP contribution in [-0.4, -0.2) is 11.9 Å². The summed E-state index contributed by atoms with van der Waals surface area (Å²) in [4.78, 5) is 12.2. The van der Waals surface area contributed by atoms with E-state index in [2.05, 4.69) is 0 Å². The monoisotopic (exact) mass is 272 g/mol. The highest BCUT2D eigenvalue weighted by molar-refractivity contribution is 5.96. The van der Waals surface area contributed by atoms with Crippen LogP contribution < -0.4 is 4.74 Å². The molecule has 3 rings (SSSR count). The van der Waals surface area contributed by atoms with Gasteiger partial charge in [0.05, 0.1) is 6.10 Å². The van der Waals surface area contributed by atoms with Gasteiger partial charge in [-0.1, -0.05) is 32.1 Å². The summed E-state index contributed by atoms with van der Waals surface area (Å²) in [6, 6.07) is 7.71. The Hall–Kier alpha value is -1.31. The second-order valence-corrected chi connectivity index (χ2v) is 6.31. The first-order chi connectivity index (χ1) is 9.81. The number of ketones is 1. The molecule has 0 N–H and O–H groups in total. The minimum Gasteiger partial charge on any atom is -0.490 e. The SMILES string of the molecule is O=C(CCC1CCCCC1)c1ccc(OC2CC2)cc1. The molecule has 108 valence electrons. The van der Waals surface area contributed by atoms with Gasteiger partial charge >= 0.3 is 0 Å². The standard InChI is InChI=1S/C18H24O2/c19-18(13-6-14-4-2-1-3-5-14)15-7-9-16(10-8-15)20-17-11-12-17/h7-10,14,17H,1-6,11-13H2. The van der Waals surface area contributed by atoms with Crippen LogP contribution in [0.1, 0.15) is 68.1 Å². The van der Waals surface area contributed by atoms with Crippen molar-refractivity contribution in [3.8, 4) is 5.75 Å². The van der Waals surface area contributed by atoms with Crippen LogP contribution in [0.25, 0.3) is 0 Å². The summed E-state index contributed by atoms with van der Waals surface area (Å²) in [7, 11) is 0. The Balaban J connectivity index is 1.48. The maximum atomic E-state index is 12.2. The van der Waals surface area contributed by atoms with Crippen LogP contribution in [0, 0.1) is 5.92 Å². The summed E-state index contributed by atoms with van der Waals surface area (Å²) in [5.74, 6) is 1.97. The molecule has 2 aliphatic carbocycles. The van der Waals surface area contributed by atoms with E-state index in [9.17, 15) is 4.79 Å². The molecule has 1 aromatic rings. The second kappa shape index (κ2) is 6.43. The van der Waals surface area contributed by atoms with Crippen molar-refractivity contribution in [2.75, 3.05) is 0 Å². The van der Waals surface area contributed by atoms with E-state index in [4.69, 9.17) is 4.74 Å². The van der Waals surface area contributed by atoms with Gasteiger partial charge in [-0.05, 0) is 49.4 Å². The summed E-state index contributed by atoms with van der Waals surface area (Å²) >= 11 is 0. The van der Waals surface area contributed by atoms with Crippen LogP contribution in [0.15, 0.2) is 24.3 Å². The molecule has 0 amide bonds. The van der Waals surface area contributed by atoms with Gasteiger partial charge in [0, 0.05) is 12.0 Å². The van der Waals surface area contributed by atoms with Gasteiger partial charge in [0.2, 0.25) is 0 Å². The fraction of sp³-hybridized carbons (Fsp3) is 0.611. The first-order valence-electron chi connectivity index (χ1n) is 8.11. The molecule has 0 unspecified atom stereocenters. The highest BCUT2D eigenvalue weighted by Crippen LogP contribution is 2.29. The van der Waals surface area contributed by atoms with Crippen molar-refractivity contribution in [1.29, 1.82) is 0 Å². The molecule has 2 saturated carbocycles. The molecule has 0 atom stereocenters. The number of benzene rings is 1. The van der Waals surface area contributed by atoms with Crippen LogP contribution in [0.2, 0.25) is 0 Å². The summed E-state index contributed by atoms with van der Waals surface area (Å²) in [5, 5.41) is 0. The number of hydrogen-bond donors (Lipinski definition) is 0. The van der Waals surface area contributed by atoms with Gasteiger partial charge in [-0.3, -0.25) is 4.79 Å². The molecule has 0 bridgehead atoms. The summed E-state index contributed by atoms with van der Waals surface area (Å²) < 4.78 is 5.70. The minimum atomic E-state index is 0.286. The lowest BCUT2D eigenvalue weighted by atomic mass is 9.85. The smallest absolute Gasteiger partial charge is 0.162 e. The quantitative estimate of drug-likeness (QED) is 0.697. The number of hydrogen-bond acceptors (Lipinski definition) is 2. The molecule has 0 radical (unpaired) electrons. The Labute approximate surface area is 121 Å². The van der Waals surface area contributed by atoms with Crippen LogP contribution in [-0.2, 0) is 0 Å². The minimum absolute atomic E-state index is 0.286. The Morgan fingerprint density at radius 1 is 1.00 bits per heavy atom. The lowest BCUT2D eigenvalue weighted by Crippen LogP contribution is -2.09. The zero-order chi connectivity index (χ0) is 13.8. The molecule has 0 spiro atoms. The average molecular weight is 272 g/mol. The first-order valence-corrected chi connectivity index (χ1v) is 8.11. The maximum Gasteiger partial charge on any atom is 0.162 e. The van der Waals surface area contributed by atoms with E-state index in [0.29, 0.717) is 12.5 Å². The Morgan fingerprint density at radius 2 is 1.70 bits per heavy atom.